The highest BCUT2D eigenvalue weighted by molar-refractivity contribution is 5.69. The van der Waals surface area contributed by atoms with E-state index in [1.165, 1.54) is 58.5 Å². The van der Waals surface area contributed by atoms with Crippen molar-refractivity contribution in [3.63, 3.8) is 0 Å². The fourth-order valence-electron chi connectivity index (χ4n) is 5.63. The lowest BCUT2D eigenvalue weighted by Crippen LogP contribution is -2.63. The number of rotatable bonds is 19. The Morgan fingerprint density at radius 3 is 2.05 bits per heavy atom. The highest BCUT2D eigenvalue weighted by Gasteiger charge is 2.51. The first-order valence-corrected chi connectivity index (χ1v) is 17.0. The minimum Gasteiger partial charge on any atom is -0.456 e. The third-order valence-corrected chi connectivity index (χ3v) is 8.21. The number of aliphatic hydroxyl groups is 1. The monoisotopic (exact) mass is 610 g/mol. The molecule has 0 bridgehead atoms. The van der Waals surface area contributed by atoms with Crippen molar-refractivity contribution in [2.45, 2.75) is 153 Å². The van der Waals surface area contributed by atoms with Gasteiger partial charge < -0.3 is 28.8 Å². The summed E-state index contributed by atoms with van der Waals surface area (Å²) in [5.74, 6) is 12.0. The summed E-state index contributed by atoms with van der Waals surface area (Å²) in [5.41, 5.74) is 0.851. The number of unbranched alkanes of at least 4 members (excludes halogenated alkanes) is 14. The summed E-state index contributed by atoms with van der Waals surface area (Å²) in [6, 6.07) is 9.55. The average molecular weight is 611 g/mol. The lowest BCUT2D eigenvalue weighted by molar-refractivity contribution is -0.358. The third kappa shape index (κ3) is 13.3. The van der Waals surface area contributed by atoms with E-state index in [4.69, 9.17) is 23.7 Å². The second-order valence-electron chi connectivity index (χ2n) is 11.9. The molecule has 2 aliphatic rings. The van der Waals surface area contributed by atoms with Crippen LogP contribution in [0.15, 0.2) is 30.3 Å². The van der Waals surface area contributed by atoms with Crippen LogP contribution in [0.4, 0.5) is 0 Å². The Kier molecular flexibility index (Phi) is 18.2. The number of hydrogen-bond donors (Lipinski definition) is 1. The van der Waals surface area contributed by atoms with Gasteiger partial charge in [0.25, 0.3) is 0 Å². The zero-order valence-corrected chi connectivity index (χ0v) is 27.0. The highest BCUT2D eigenvalue weighted by atomic mass is 16.8. The zero-order chi connectivity index (χ0) is 31.2. The van der Waals surface area contributed by atoms with Crippen LogP contribution >= 0.6 is 0 Å². The Bertz CT molecular complexity index is 1040. The number of aliphatic hydroxyl groups excluding tert-OH is 1. The Morgan fingerprint density at radius 1 is 0.841 bits per heavy atom. The van der Waals surface area contributed by atoms with E-state index < -0.39 is 37.0 Å². The number of hydrogen-bond acceptors (Lipinski definition) is 7. The van der Waals surface area contributed by atoms with Crippen LogP contribution in [0, 0.1) is 23.7 Å². The summed E-state index contributed by atoms with van der Waals surface area (Å²) in [6.07, 6.45) is 14.0. The van der Waals surface area contributed by atoms with Crippen LogP contribution in [0.2, 0.25) is 0 Å². The first-order valence-electron chi connectivity index (χ1n) is 17.0. The first-order chi connectivity index (χ1) is 21.6. The van der Waals surface area contributed by atoms with Crippen molar-refractivity contribution < 1.29 is 33.6 Å². The van der Waals surface area contributed by atoms with Crippen LogP contribution in [0.25, 0.3) is 0 Å². The van der Waals surface area contributed by atoms with E-state index in [0.29, 0.717) is 6.42 Å². The van der Waals surface area contributed by atoms with Crippen LogP contribution in [-0.2, 0) is 28.5 Å². The van der Waals surface area contributed by atoms with Crippen molar-refractivity contribution in [2.75, 3.05) is 13.7 Å². The van der Waals surface area contributed by atoms with E-state index in [-0.39, 0.29) is 12.6 Å². The number of carbonyl (C=O) groups excluding carboxylic acids is 1. The van der Waals surface area contributed by atoms with Crippen LogP contribution < -0.4 is 0 Å². The Morgan fingerprint density at radius 2 is 1.43 bits per heavy atom. The molecule has 0 aromatic heterocycles. The fourth-order valence-corrected chi connectivity index (χ4v) is 5.63. The van der Waals surface area contributed by atoms with Gasteiger partial charge in [-0.25, -0.2) is 0 Å². The maximum atomic E-state index is 12.7. The number of esters is 1. The van der Waals surface area contributed by atoms with Crippen molar-refractivity contribution in [1.29, 1.82) is 0 Å². The SMILES string of the molecule is CCCCCCCCCCC#CC#CCCCCCCCCC(=O)O[C@@H]1[C@@H](O)[C@@H](OC)O[C@@H]2CO[C@@H](c3ccccc3)O[C@@H]12. The predicted molar refractivity (Wildman–Crippen MR) is 171 cm³/mol. The van der Waals surface area contributed by atoms with Gasteiger partial charge in [-0.2, -0.15) is 0 Å². The first kappa shape index (κ1) is 36.1. The smallest absolute Gasteiger partial charge is 0.306 e. The number of fused-ring (bicyclic) bond motifs is 1. The lowest BCUT2D eigenvalue weighted by atomic mass is 9.97. The molecule has 6 atom stereocenters. The van der Waals surface area contributed by atoms with Crippen LogP contribution in [-0.4, -0.2) is 55.5 Å². The van der Waals surface area contributed by atoms with E-state index in [1.54, 1.807) is 0 Å². The second kappa shape index (κ2) is 22.2. The minimum absolute atomic E-state index is 0.239. The molecule has 244 valence electrons. The molecule has 2 heterocycles. The molecular weight excluding hydrogens is 556 g/mol. The van der Waals surface area contributed by atoms with Crippen molar-refractivity contribution in [2.24, 2.45) is 0 Å². The number of benzene rings is 1. The fraction of sp³-hybridized carbons (Fsp3) is 0.703. The lowest BCUT2D eigenvalue weighted by Gasteiger charge is -2.47. The Hall–Kier alpha value is -2.39. The summed E-state index contributed by atoms with van der Waals surface area (Å²) in [5, 5.41) is 10.8. The van der Waals surface area contributed by atoms with E-state index in [1.807, 2.05) is 30.3 Å². The molecule has 7 heteroatoms. The third-order valence-electron chi connectivity index (χ3n) is 8.21. The van der Waals surface area contributed by atoms with Crippen LogP contribution in [0.3, 0.4) is 0 Å². The summed E-state index contributed by atoms with van der Waals surface area (Å²) >= 11 is 0. The van der Waals surface area contributed by atoms with Gasteiger partial charge in [0.15, 0.2) is 18.7 Å². The largest absolute Gasteiger partial charge is 0.456 e. The van der Waals surface area contributed by atoms with Crippen LogP contribution in [0.5, 0.6) is 0 Å². The molecule has 1 aromatic rings. The summed E-state index contributed by atoms with van der Waals surface area (Å²) in [6.45, 7) is 2.50. The minimum atomic E-state index is -1.16. The maximum Gasteiger partial charge on any atom is 0.306 e. The predicted octanol–water partition coefficient (Wildman–Crippen LogP) is 7.40. The second-order valence-corrected chi connectivity index (χ2v) is 11.9. The summed E-state index contributed by atoms with van der Waals surface area (Å²) in [7, 11) is 1.45. The summed E-state index contributed by atoms with van der Waals surface area (Å²) in [4.78, 5) is 12.7. The van der Waals surface area contributed by atoms with Gasteiger partial charge in [0.05, 0.1) is 6.61 Å². The van der Waals surface area contributed by atoms with E-state index in [0.717, 1.165) is 56.9 Å². The topological polar surface area (TPSA) is 83.5 Å². The molecule has 2 saturated heterocycles. The zero-order valence-electron chi connectivity index (χ0n) is 27.0. The Balaban J connectivity index is 1.24. The van der Waals surface area contributed by atoms with Gasteiger partial charge in [0, 0.05) is 31.9 Å². The molecule has 2 aliphatic heterocycles. The maximum absolute atomic E-state index is 12.7. The van der Waals surface area contributed by atoms with Crippen molar-refractivity contribution >= 4 is 5.97 Å². The van der Waals surface area contributed by atoms with Crippen molar-refractivity contribution in [3.8, 4) is 23.7 Å². The molecule has 7 nitrogen and oxygen atoms in total. The molecule has 0 spiro atoms. The molecule has 3 rings (SSSR count). The average Bonchev–Trinajstić information content (AvgIpc) is 3.05. The van der Waals surface area contributed by atoms with Gasteiger partial charge in [0.2, 0.25) is 0 Å². The standard InChI is InChI=1S/C37H54O7/c1-3-4-5-6-7-8-9-10-11-12-13-14-15-16-17-18-19-20-21-25-28-32(38)43-35-33(39)37(40-2)42-31-29-41-36(44-34(31)35)30-26-23-22-24-27-30/h22-24,26-27,31,33-37,39H,3-11,16-21,25,28-29H2,1-2H3/t31-,33-,34-,35-,36-,37+/m1/s1. The van der Waals surface area contributed by atoms with Gasteiger partial charge in [-0.15, -0.1) is 0 Å². The molecule has 0 radical (unpaired) electrons. The number of methoxy groups -OCH3 is 1. The molecule has 0 amide bonds. The molecule has 0 unspecified atom stereocenters. The van der Waals surface area contributed by atoms with Gasteiger partial charge in [-0.3, -0.25) is 4.79 Å². The molecule has 2 fully saturated rings. The molecular formula is C37H54O7. The van der Waals surface area contributed by atoms with Crippen molar-refractivity contribution in [3.05, 3.63) is 35.9 Å². The van der Waals surface area contributed by atoms with Crippen LogP contribution in [0.1, 0.15) is 128 Å². The Labute approximate surface area is 265 Å². The molecule has 1 aromatic carbocycles. The van der Waals surface area contributed by atoms with Gasteiger partial charge in [-0.1, -0.05) is 120 Å². The normalized spacial score (nSPS) is 24.3. The van der Waals surface area contributed by atoms with Gasteiger partial charge >= 0.3 is 5.97 Å². The molecule has 0 saturated carbocycles. The van der Waals surface area contributed by atoms with Crippen molar-refractivity contribution in [1.82, 2.24) is 0 Å². The number of ether oxygens (including phenoxy) is 5. The summed E-state index contributed by atoms with van der Waals surface area (Å²) < 4.78 is 28.9. The molecule has 44 heavy (non-hydrogen) atoms. The van der Waals surface area contributed by atoms with Gasteiger partial charge in [0.1, 0.15) is 18.3 Å². The molecule has 0 aliphatic carbocycles. The highest BCUT2D eigenvalue weighted by Crippen LogP contribution is 2.35. The van der Waals surface area contributed by atoms with E-state index in [2.05, 4.69) is 30.6 Å². The molecule has 1 N–H and O–H groups in total. The van der Waals surface area contributed by atoms with Gasteiger partial charge in [-0.05, 0) is 31.1 Å². The van der Waals surface area contributed by atoms with E-state index in [9.17, 15) is 9.90 Å². The van der Waals surface area contributed by atoms with E-state index >= 15 is 0 Å². The quantitative estimate of drug-likeness (QED) is 0.0993. The number of carbonyl (C=O) groups is 1.